The average molecular weight is 392 g/mol. The number of methoxy groups -OCH3 is 1. The second kappa shape index (κ2) is 8.17. The van der Waals surface area contributed by atoms with Crippen LogP contribution in [-0.4, -0.2) is 13.0 Å². The number of anilines is 1. The van der Waals surface area contributed by atoms with Crippen molar-refractivity contribution in [2.45, 2.75) is 6.61 Å². The molecule has 0 fully saturated rings. The maximum absolute atomic E-state index is 12.3. The van der Waals surface area contributed by atoms with Crippen molar-refractivity contribution in [2.75, 3.05) is 12.4 Å². The zero-order valence-electron chi connectivity index (χ0n) is 13.8. The molecule has 1 heterocycles. The Kier molecular flexibility index (Phi) is 5.71. The van der Waals surface area contributed by atoms with E-state index in [9.17, 15) is 4.79 Å². The molecule has 1 aromatic heterocycles. The Morgan fingerprint density at radius 1 is 1.04 bits per heavy atom. The molecule has 1 N–H and O–H groups in total. The van der Waals surface area contributed by atoms with Crippen molar-refractivity contribution in [1.29, 1.82) is 0 Å². The largest absolute Gasteiger partial charge is 0.497 e. The number of nitrogens with one attached hydrogen (secondary N) is 1. The Hall–Kier alpha value is -2.63. The number of halogens is 2. The van der Waals surface area contributed by atoms with Gasteiger partial charge in [-0.15, -0.1) is 0 Å². The van der Waals surface area contributed by atoms with Crippen LogP contribution in [-0.2, 0) is 6.61 Å². The zero-order chi connectivity index (χ0) is 18.5. The van der Waals surface area contributed by atoms with Gasteiger partial charge in [-0.25, -0.2) is 0 Å². The van der Waals surface area contributed by atoms with Crippen molar-refractivity contribution in [3.8, 4) is 11.5 Å². The molecular formula is C19H15Cl2NO4. The van der Waals surface area contributed by atoms with Gasteiger partial charge in [-0.1, -0.05) is 35.3 Å². The van der Waals surface area contributed by atoms with E-state index in [0.717, 1.165) is 0 Å². The molecule has 0 aliphatic carbocycles. The lowest BCUT2D eigenvalue weighted by Crippen LogP contribution is -2.11. The Bertz CT molecular complexity index is 903. The van der Waals surface area contributed by atoms with Crippen LogP contribution in [0.25, 0.3) is 0 Å². The lowest BCUT2D eigenvalue weighted by Gasteiger charge is -2.08. The maximum Gasteiger partial charge on any atom is 0.291 e. The Balaban J connectivity index is 1.64. The van der Waals surface area contributed by atoms with E-state index in [1.165, 1.54) is 0 Å². The number of benzene rings is 2. The van der Waals surface area contributed by atoms with Gasteiger partial charge in [0.05, 0.1) is 22.8 Å². The topological polar surface area (TPSA) is 60.7 Å². The fourth-order valence-electron chi connectivity index (χ4n) is 2.22. The molecule has 0 unspecified atom stereocenters. The zero-order valence-corrected chi connectivity index (χ0v) is 15.3. The van der Waals surface area contributed by atoms with Crippen LogP contribution in [0.5, 0.6) is 11.5 Å². The predicted molar refractivity (Wildman–Crippen MR) is 100 cm³/mol. The minimum atomic E-state index is -0.451. The number of para-hydroxylation sites is 1. The molecule has 3 aromatic rings. The summed E-state index contributed by atoms with van der Waals surface area (Å²) in [6.07, 6.45) is 0. The highest BCUT2D eigenvalue weighted by molar-refractivity contribution is 6.39. The van der Waals surface area contributed by atoms with Gasteiger partial charge in [0.2, 0.25) is 0 Å². The Morgan fingerprint density at radius 3 is 2.46 bits per heavy atom. The molecule has 3 rings (SSSR count). The van der Waals surface area contributed by atoms with Crippen LogP contribution in [0.1, 0.15) is 16.3 Å². The SMILES string of the molecule is COc1cccc(OCc2ccc(C(=O)Nc3c(Cl)cccc3Cl)o2)c1. The summed E-state index contributed by atoms with van der Waals surface area (Å²) in [6.45, 7) is 0.174. The number of ether oxygens (including phenoxy) is 2. The van der Waals surface area contributed by atoms with Gasteiger partial charge in [0.1, 0.15) is 23.9 Å². The van der Waals surface area contributed by atoms with Crippen LogP contribution in [0.15, 0.2) is 59.0 Å². The molecule has 134 valence electrons. The van der Waals surface area contributed by atoms with Crippen molar-refractivity contribution in [2.24, 2.45) is 0 Å². The summed E-state index contributed by atoms with van der Waals surface area (Å²) in [5, 5.41) is 3.34. The molecule has 26 heavy (non-hydrogen) atoms. The Labute approximate surface area is 160 Å². The number of hydrogen-bond donors (Lipinski definition) is 1. The lowest BCUT2D eigenvalue weighted by atomic mass is 10.3. The van der Waals surface area contributed by atoms with Gasteiger partial charge < -0.3 is 19.2 Å². The van der Waals surface area contributed by atoms with Gasteiger partial charge >= 0.3 is 0 Å². The minimum absolute atomic E-state index is 0.130. The highest BCUT2D eigenvalue weighted by Crippen LogP contribution is 2.30. The first-order valence-electron chi connectivity index (χ1n) is 7.68. The molecule has 1 amide bonds. The summed E-state index contributed by atoms with van der Waals surface area (Å²) < 4.78 is 16.3. The number of furan rings is 1. The van der Waals surface area contributed by atoms with Gasteiger partial charge in [-0.3, -0.25) is 4.79 Å². The summed E-state index contributed by atoms with van der Waals surface area (Å²) in [7, 11) is 1.59. The van der Waals surface area contributed by atoms with Gasteiger partial charge in [-0.05, 0) is 36.4 Å². The van der Waals surface area contributed by atoms with E-state index in [2.05, 4.69) is 5.32 Å². The molecule has 0 atom stereocenters. The van der Waals surface area contributed by atoms with Crippen molar-refractivity contribution in [1.82, 2.24) is 0 Å². The second-order valence-electron chi connectivity index (χ2n) is 5.28. The van der Waals surface area contributed by atoms with E-state index < -0.39 is 5.91 Å². The van der Waals surface area contributed by atoms with Crippen molar-refractivity contribution < 1.29 is 18.7 Å². The smallest absolute Gasteiger partial charge is 0.291 e. The third kappa shape index (κ3) is 4.31. The number of hydrogen-bond acceptors (Lipinski definition) is 4. The first-order valence-corrected chi connectivity index (χ1v) is 8.43. The average Bonchev–Trinajstić information content (AvgIpc) is 3.12. The third-order valence-corrected chi connectivity index (χ3v) is 4.14. The summed E-state index contributed by atoms with van der Waals surface area (Å²) in [5.74, 6) is 1.51. The molecule has 0 aliphatic heterocycles. The molecule has 7 heteroatoms. The van der Waals surface area contributed by atoms with E-state index in [0.29, 0.717) is 33.0 Å². The monoisotopic (exact) mass is 391 g/mol. The number of rotatable bonds is 6. The number of carbonyl (C=O) groups excluding carboxylic acids is 1. The quantitative estimate of drug-likeness (QED) is 0.608. The molecule has 0 bridgehead atoms. The fraction of sp³-hybridized carbons (Fsp3) is 0.105. The van der Waals surface area contributed by atoms with E-state index in [4.69, 9.17) is 37.1 Å². The first kappa shape index (κ1) is 18.2. The van der Waals surface area contributed by atoms with E-state index in [1.54, 1.807) is 49.6 Å². The van der Waals surface area contributed by atoms with Crippen LogP contribution in [0.2, 0.25) is 10.0 Å². The lowest BCUT2D eigenvalue weighted by molar-refractivity contribution is 0.0992. The van der Waals surface area contributed by atoms with Crippen molar-refractivity contribution >= 4 is 34.8 Å². The van der Waals surface area contributed by atoms with Gasteiger partial charge in [0, 0.05) is 6.07 Å². The van der Waals surface area contributed by atoms with Gasteiger partial charge in [-0.2, -0.15) is 0 Å². The summed E-state index contributed by atoms with van der Waals surface area (Å²) in [5.41, 5.74) is 0.339. The first-order chi connectivity index (χ1) is 12.6. The molecular weight excluding hydrogens is 377 g/mol. The van der Waals surface area contributed by atoms with Crippen LogP contribution in [0.4, 0.5) is 5.69 Å². The fourth-order valence-corrected chi connectivity index (χ4v) is 2.71. The van der Waals surface area contributed by atoms with Gasteiger partial charge in [0.15, 0.2) is 5.76 Å². The predicted octanol–water partition coefficient (Wildman–Crippen LogP) is 5.43. The second-order valence-corrected chi connectivity index (χ2v) is 6.10. The van der Waals surface area contributed by atoms with Gasteiger partial charge in [0.25, 0.3) is 5.91 Å². The van der Waals surface area contributed by atoms with Crippen LogP contribution in [0.3, 0.4) is 0 Å². The van der Waals surface area contributed by atoms with E-state index in [1.807, 2.05) is 12.1 Å². The molecule has 0 radical (unpaired) electrons. The highest BCUT2D eigenvalue weighted by atomic mass is 35.5. The summed E-state index contributed by atoms with van der Waals surface area (Å²) >= 11 is 12.1. The van der Waals surface area contributed by atoms with E-state index in [-0.39, 0.29) is 12.4 Å². The van der Waals surface area contributed by atoms with Crippen molar-refractivity contribution in [3.63, 3.8) is 0 Å². The van der Waals surface area contributed by atoms with Crippen LogP contribution >= 0.6 is 23.2 Å². The summed E-state index contributed by atoms with van der Waals surface area (Å²) in [6, 6.07) is 15.4. The van der Waals surface area contributed by atoms with E-state index >= 15 is 0 Å². The number of amides is 1. The highest BCUT2D eigenvalue weighted by Gasteiger charge is 2.15. The third-order valence-electron chi connectivity index (χ3n) is 3.51. The normalized spacial score (nSPS) is 10.4. The molecule has 0 saturated carbocycles. The molecule has 2 aromatic carbocycles. The minimum Gasteiger partial charge on any atom is -0.497 e. The Morgan fingerprint density at radius 2 is 1.73 bits per heavy atom. The molecule has 0 aliphatic rings. The van der Waals surface area contributed by atoms with Crippen LogP contribution < -0.4 is 14.8 Å². The van der Waals surface area contributed by atoms with Crippen LogP contribution in [0, 0.1) is 0 Å². The number of carbonyl (C=O) groups is 1. The molecule has 0 spiro atoms. The molecule has 0 saturated heterocycles. The standard InChI is InChI=1S/C19H15Cl2NO4/c1-24-12-4-2-5-13(10-12)25-11-14-8-9-17(26-14)19(23)22-18-15(20)6-3-7-16(18)21/h2-10H,11H2,1H3,(H,22,23). The molecule has 5 nitrogen and oxygen atoms in total. The van der Waals surface area contributed by atoms with Crippen molar-refractivity contribution in [3.05, 3.63) is 76.2 Å². The summed E-state index contributed by atoms with van der Waals surface area (Å²) in [4.78, 5) is 12.3. The maximum atomic E-state index is 12.3.